The average Bonchev–Trinajstić information content (AvgIpc) is 2.67. The highest BCUT2D eigenvalue weighted by atomic mass is 32.2. The summed E-state index contributed by atoms with van der Waals surface area (Å²) in [6, 6.07) is 2.28. The fourth-order valence-corrected chi connectivity index (χ4v) is 5.04. The van der Waals surface area contributed by atoms with E-state index in [1.54, 1.807) is 11.8 Å². The van der Waals surface area contributed by atoms with Gasteiger partial charge in [-0.3, -0.25) is 9.79 Å². The monoisotopic (exact) mass is 385 g/mol. The molecule has 0 aromatic carbocycles. The summed E-state index contributed by atoms with van der Waals surface area (Å²) in [5, 5.41) is 23.1. The van der Waals surface area contributed by atoms with Crippen LogP contribution < -0.4 is 5.32 Å². The smallest absolute Gasteiger partial charge is 0.309 e. The number of allylic oxidation sites excluding steroid dienone is 4. The number of aliphatic carboxylic acids is 1. The standard InChI is InChI=1S/C21H27N3O2S/c1-21(19(25)26)9-5-8-16(11-21)14-27-20-23-13-17(12-22)18(24-20)10-15-6-3-2-4-7-15/h2-3,6,16H,4-5,7-11,13-14H2,1H3,(H,23,24)(H,25,26)/t16?,21-/m0/s1. The zero-order valence-electron chi connectivity index (χ0n) is 15.8. The second-order valence-corrected chi connectivity index (χ2v) is 8.93. The third-order valence-corrected chi connectivity index (χ3v) is 6.84. The van der Waals surface area contributed by atoms with Crippen molar-refractivity contribution in [2.45, 2.75) is 51.9 Å². The van der Waals surface area contributed by atoms with E-state index in [1.165, 1.54) is 5.57 Å². The maximum atomic E-state index is 11.5. The summed E-state index contributed by atoms with van der Waals surface area (Å²) in [4.78, 5) is 16.1. The normalized spacial score (nSPS) is 28.1. The first-order valence-corrected chi connectivity index (χ1v) is 10.6. The summed E-state index contributed by atoms with van der Waals surface area (Å²) in [5.74, 6) is 0.587. The van der Waals surface area contributed by atoms with Gasteiger partial charge in [-0.25, -0.2) is 0 Å². The molecule has 5 nitrogen and oxygen atoms in total. The van der Waals surface area contributed by atoms with Crippen molar-refractivity contribution >= 4 is 22.9 Å². The molecule has 2 N–H and O–H groups in total. The lowest BCUT2D eigenvalue weighted by Crippen LogP contribution is -2.35. The maximum Gasteiger partial charge on any atom is 0.309 e. The molecular weight excluding hydrogens is 358 g/mol. The molecule has 6 heteroatoms. The fourth-order valence-electron chi connectivity index (χ4n) is 4.01. The third kappa shape index (κ3) is 5.04. The largest absolute Gasteiger partial charge is 0.481 e. The van der Waals surface area contributed by atoms with Crippen molar-refractivity contribution in [1.82, 2.24) is 5.32 Å². The fraction of sp³-hybridized carbons (Fsp3) is 0.571. The number of nitrogens with one attached hydrogen (secondary N) is 1. The SMILES string of the molecule is C[C@]1(C(=O)O)CCCC(CSC2=NCC(C#N)=C(CC3=CC=CCC3)N2)C1. The van der Waals surface area contributed by atoms with E-state index < -0.39 is 11.4 Å². The lowest BCUT2D eigenvalue weighted by Gasteiger charge is -2.34. The topological polar surface area (TPSA) is 85.5 Å². The summed E-state index contributed by atoms with van der Waals surface area (Å²) in [5.41, 5.74) is 2.43. The zero-order valence-corrected chi connectivity index (χ0v) is 16.6. The number of nitriles is 1. The molecule has 3 rings (SSSR count). The van der Waals surface area contributed by atoms with Gasteiger partial charge in [-0.05, 0) is 44.9 Å². The first-order chi connectivity index (χ1) is 13.0. The van der Waals surface area contributed by atoms with Crippen molar-refractivity contribution in [2.75, 3.05) is 12.3 Å². The maximum absolute atomic E-state index is 11.5. The first-order valence-electron chi connectivity index (χ1n) is 9.64. The average molecular weight is 386 g/mol. The number of carbonyl (C=O) groups is 1. The molecule has 1 heterocycles. The van der Waals surface area contributed by atoms with Crippen molar-refractivity contribution in [2.24, 2.45) is 16.3 Å². The van der Waals surface area contributed by atoms with E-state index in [2.05, 4.69) is 34.6 Å². The summed E-state index contributed by atoms with van der Waals surface area (Å²) in [7, 11) is 0. The Morgan fingerprint density at radius 1 is 1.56 bits per heavy atom. The molecule has 0 aromatic rings. The summed E-state index contributed by atoms with van der Waals surface area (Å²) < 4.78 is 0. The lowest BCUT2D eigenvalue weighted by atomic mass is 9.71. The van der Waals surface area contributed by atoms with Crippen LogP contribution in [0.4, 0.5) is 0 Å². The highest BCUT2D eigenvalue weighted by molar-refractivity contribution is 8.13. The van der Waals surface area contributed by atoms with Gasteiger partial charge in [0.25, 0.3) is 0 Å². The number of nitrogens with zero attached hydrogens (tertiary/aromatic N) is 2. The van der Waals surface area contributed by atoms with E-state index in [-0.39, 0.29) is 0 Å². The molecule has 0 radical (unpaired) electrons. The molecule has 0 spiro atoms. The number of rotatable bonds is 5. The molecule has 1 unspecified atom stereocenters. The van der Waals surface area contributed by atoms with Crippen molar-refractivity contribution in [3.63, 3.8) is 0 Å². The van der Waals surface area contributed by atoms with Gasteiger partial charge in [-0.15, -0.1) is 0 Å². The van der Waals surface area contributed by atoms with Gasteiger partial charge < -0.3 is 10.4 Å². The Bertz CT molecular complexity index is 760. The Hall–Kier alpha value is -2.00. The van der Waals surface area contributed by atoms with E-state index in [0.29, 0.717) is 18.0 Å². The second kappa shape index (κ2) is 8.79. The molecule has 1 aliphatic heterocycles. The van der Waals surface area contributed by atoms with Crippen LogP contribution in [0.25, 0.3) is 0 Å². The van der Waals surface area contributed by atoms with Gasteiger partial charge in [-0.1, -0.05) is 42.0 Å². The third-order valence-electron chi connectivity index (χ3n) is 5.69. The molecule has 0 saturated heterocycles. The van der Waals surface area contributed by atoms with Crippen molar-refractivity contribution < 1.29 is 9.90 Å². The Balaban J connectivity index is 1.56. The van der Waals surface area contributed by atoms with Gasteiger partial charge in [0, 0.05) is 17.9 Å². The second-order valence-electron chi connectivity index (χ2n) is 7.92. The number of hydrogen-bond donors (Lipinski definition) is 2. The van der Waals surface area contributed by atoms with Gasteiger partial charge in [-0.2, -0.15) is 5.26 Å². The highest BCUT2D eigenvalue weighted by Crippen LogP contribution is 2.40. The van der Waals surface area contributed by atoms with Gasteiger partial charge in [0.05, 0.1) is 23.6 Å². The molecule has 1 saturated carbocycles. The van der Waals surface area contributed by atoms with Crippen LogP contribution in [-0.2, 0) is 4.79 Å². The first kappa shape index (κ1) is 19.8. The lowest BCUT2D eigenvalue weighted by molar-refractivity contribution is -0.150. The number of amidine groups is 1. The molecule has 1 fully saturated rings. The molecule has 27 heavy (non-hydrogen) atoms. The zero-order chi connectivity index (χ0) is 19.3. The van der Waals surface area contributed by atoms with Gasteiger partial charge in [0.1, 0.15) is 0 Å². The predicted molar refractivity (Wildman–Crippen MR) is 109 cm³/mol. The minimum Gasteiger partial charge on any atom is -0.481 e. The predicted octanol–water partition coefficient (Wildman–Crippen LogP) is 4.40. The number of carboxylic acids is 1. The van der Waals surface area contributed by atoms with Gasteiger partial charge in [0.2, 0.25) is 0 Å². The van der Waals surface area contributed by atoms with Crippen molar-refractivity contribution in [3.8, 4) is 6.07 Å². The molecule has 144 valence electrons. The van der Waals surface area contributed by atoms with Crippen LogP contribution in [0.15, 0.2) is 40.1 Å². The van der Waals surface area contributed by atoms with E-state index in [4.69, 9.17) is 0 Å². The Kier molecular flexibility index (Phi) is 6.43. The van der Waals surface area contributed by atoms with Crippen LogP contribution in [0.1, 0.15) is 51.9 Å². The molecular formula is C21H27N3O2S. The van der Waals surface area contributed by atoms with Crippen molar-refractivity contribution in [3.05, 3.63) is 35.1 Å². The highest BCUT2D eigenvalue weighted by Gasteiger charge is 2.38. The number of thioether (sulfide) groups is 1. The molecule has 0 aromatic heterocycles. The molecule has 0 amide bonds. The summed E-state index contributed by atoms with van der Waals surface area (Å²) in [6.07, 6.45) is 12.8. The number of hydrogen-bond acceptors (Lipinski definition) is 5. The van der Waals surface area contributed by atoms with Crippen LogP contribution in [-0.4, -0.2) is 28.5 Å². The van der Waals surface area contributed by atoms with Gasteiger partial charge >= 0.3 is 5.97 Å². The molecule has 2 aliphatic carbocycles. The van der Waals surface area contributed by atoms with E-state index >= 15 is 0 Å². The summed E-state index contributed by atoms with van der Waals surface area (Å²) >= 11 is 1.66. The van der Waals surface area contributed by atoms with E-state index in [1.807, 2.05) is 6.92 Å². The van der Waals surface area contributed by atoms with Crippen molar-refractivity contribution in [1.29, 1.82) is 5.26 Å². The summed E-state index contributed by atoms with van der Waals surface area (Å²) in [6.45, 7) is 2.30. The van der Waals surface area contributed by atoms with Crippen LogP contribution >= 0.6 is 11.8 Å². The van der Waals surface area contributed by atoms with Crippen LogP contribution in [0.3, 0.4) is 0 Å². The minimum atomic E-state index is -0.677. The van der Waals surface area contributed by atoms with Crippen LogP contribution in [0, 0.1) is 22.7 Å². The minimum absolute atomic E-state index is 0.394. The van der Waals surface area contributed by atoms with E-state index in [0.717, 1.165) is 61.6 Å². The molecule has 2 atom stereocenters. The number of carboxylic acid groups (broad SMARTS) is 1. The Morgan fingerprint density at radius 2 is 2.41 bits per heavy atom. The molecule has 3 aliphatic rings. The quantitative estimate of drug-likeness (QED) is 0.732. The number of aliphatic imine (C=N–C) groups is 1. The Labute approximate surface area is 165 Å². The van der Waals surface area contributed by atoms with Gasteiger partial charge in [0.15, 0.2) is 5.17 Å². The molecule has 0 bridgehead atoms. The Morgan fingerprint density at radius 3 is 3.11 bits per heavy atom. The van der Waals surface area contributed by atoms with Crippen LogP contribution in [0.5, 0.6) is 0 Å². The van der Waals surface area contributed by atoms with Crippen LogP contribution in [0.2, 0.25) is 0 Å². The van der Waals surface area contributed by atoms with E-state index in [9.17, 15) is 15.2 Å².